The highest BCUT2D eigenvalue weighted by Gasteiger charge is 2.33. The van der Waals surface area contributed by atoms with E-state index in [9.17, 15) is 0 Å². The summed E-state index contributed by atoms with van der Waals surface area (Å²) in [6, 6.07) is 26.5. The van der Waals surface area contributed by atoms with Gasteiger partial charge in [-0.2, -0.15) is 0 Å². The lowest BCUT2D eigenvalue weighted by Gasteiger charge is -2.40. The third kappa shape index (κ3) is 5.15. The zero-order valence-corrected chi connectivity index (χ0v) is 20.2. The van der Waals surface area contributed by atoms with Crippen molar-refractivity contribution in [1.29, 1.82) is 0 Å². The third-order valence-corrected chi connectivity index (χ3v) is 6.68. The zero-order chi connectivity index (χ0) is 22.8. The molecule has 166 valence electrons. The summed E-state index contributed by atoms with van der Waals surface area (Å²) < 4.78 is 0. The molecule has 2 heterocycles. The van der Waals surface area contributed by atoms with Gasteiger partial charge in [-0.3, -0.25) is 4.90 Å². The molecule has 2 aliphatic heterocycles. The SMILES string of the molecule is S=C1NC2=C(CN(Cc3ccccc3)C/C2=C\c2ccc(Cl)cc2)C(c2ccc(Cl)cc2)N1. The van der Waals surface area contributed by atoms with Gasteiger partial charge in [-0.15, -0.1) is 0 Å². The molecule has 0 amide bonds. The summed E-state index contributed by atoms with van der Waals surface area (Å²) in [6.45, 7) is 2.52. The zero-order valence-electron chi connectivity index (χ0n) is 17.9. The van der Waals surface area contributed by atoms with Crippen LogP contribution in [0.25, 0.3) is 6.08 Å². The number of nitrogens with zero attached hydrogens (tertiary/aromatic N) is 1. The molecule has 3 nitrogen and oxygen atoms in total. The molecule has 1 unspecified atom stereocenters. The van der Waals surface area contributed by atoms with Gasteiger partial charge in [0.2, 0.25) is 0 Å². The highest BCUT2D eigenvalue weighted by Crippen LogP contribution is 2.35. The average Bonchev–Trinajstić information content (AvgIpc) is 2.82. The molecule has 0 saturated heterocycles. The van der Waals surface area contributed by atoms with E-state index in [1.54, 1.807) is 0 Å². The molecule has 0 aliphatic carbocycles. The van der Waals surface area contributed by atoms with Crippen LogP contribution < -0.4 is 10.6 Å². The second-order valence-electron chi connectivity index (χ2n) is 8.34. The van der Waals surface area contributed by atoms with Crippen LogP contribution in [0.5, 0.6) is 0 Å². The molecule has 1 atom stereocenters. The first kappa shape index (κ1) is 22.2. The summed E-state index contributed by atoms with van der Waals surface area (Å²) in [5.74, 6) is 0. The predicted molar refractivity (Wildman–Crippen MR) is 141 cm³/mol. The number of benzene rings is 3. The van der Waals surface area contributed by atoms with Crippen LogP contribution in [0.4, 0.5) is 0 Å². The topological polar surface area (TPSA) is 27.3 Å². The molecule has 0 aromatic heterocycles. The first-order valence-corrected chi connectivity index (χ1v) is 12.0. The predicted octanol–water partition coefficient (Wildman–Crippen LogP) is 6.37. The first-order chi connectivity index (χ1) is 16.0. The minimum absolute atomic E-state index is 0.0155. The standard InChI is InChI=1S/C27H23Cl2N3S/c28-22-10-6-18(7-11-22)14-21-16-32(15-19-4-2-1-3-5-19)17-24-25(30-27(33)31-26(21)24)20-8-12-23(29)13-9-20/h1-14,25H,15-17H2,(H2,30,31,33)/b21-14+. The van der Waals surface area contributed by atoms with Crippen LogP contribution in [0.1, 0.15) is 22.7 Å². The maximum absolute atomic E-state index is 6.16. The molecule has 33 heavy (non-hydrogen) atoms. The molecule has 0 bridgehead atoms. The van der Waals surface area contributed by atoms with Gasteiger partial charge >= 0.3 is 0 Å². The Morgan fingerprint density at radius 2 is 1.55 bits per heavy atom. The Morgan fingerprint density at radius 1 is 0.879 bits per heavy atom. The number of rotatable bonds is 4. The number of hydrogen-bond donors (Lipinski definition) is 2. The quantitative estimate of drug-likeness (QED) is 0.414. The van der Waals surface area contributed by atoms with E-state index in [-0.39, 0.29) is 6.04 Å². The summed E-state index contributed by atoms with van der Waals surface area (Å²) in [6.07, 6.45) is 2.22. The van der Waals surface area contributed by atoms with E-state index >= 15 is 0 Å². The average molecular weight is 492 g/mol. The second kappa shape index (κ2) is 9.70. The number of halogens is 2. The molecule has 0 saturated carbocycles. The van der Waals surface area contributed by atoms with Gasteiger partial charge in [0.05, 0.1) is 6.04 Å². The largest absolute Gasteiger partial charge is 0.352 e. The van der Waals surface area contributed by atoms with Crippen LogP contribution in [-0.2, 0) is 6.54 Å². The normalized spacial score (nSPS) is 19.8. The molecule has 2 N–H and O–H groups in total. The fourth-order valence-electron chi connectivity index (χ4n) is 4.44. The van der Waals surface area contributed by atoms with E-state index in [1.165, 1.54) is 16.7 Å². The van der Waals surface area contributed by atoms with Crippen LogP contribution in [0.3, 0.4) is 0 Å². The highest BCUT2D eigenvalue weighted by molar-refractivity contribution is 7.80. The minimum atomic E-state index is -0.0155. The van der Waals surface area contributed by atoms with E-state index in [1.807, 2.05) is 36.4 Å². The van der Waals surface area contributed by atoms with Crippen molar-refractivity contribution >= 4 is 46.6 Å². The Morgan fingerprint density at radius 3 is 2.24 bits per heavy atom. The van der Waals surface area contributed by atoms with E-state index in [2.05, 4.69) is 64.1 Å². The molecular weight excluding hydrogens is 469 g/mol. The number of thiocarbonyl (C=S) groups is 1. The van der Waals surface area contributed by atoms with Crippen molar-refractivity contribution in [3.63, 3.8) is 0 Å². The minimum Gasteiger partial charge on any atom is -0.352 e. The fraction of sp³-hybridized carbons (Fsp3) is 0.148. The van der Waals surface area contributed by atoms with Crippen LogP contribution in [0.2, 0.25) is 10.0 Å². The van der Waals surface area contributed by atoms with Gasteiger partial charge in [-0.25, -0.2) is 0 Å². The Hall–Kier alpha value is -2.63. The van der Waals surface area contributed by atoms with Gasteiger partial charge in [0.25, 0.3) is 0 Å². The smallest absolute Gasteiger partial charge is 0.171 e. The molecule has 3 aromatic rings. The lowest BCUT2D eigenvalue weighted by atomic mass is 9.88. The molecule has 5 rings (SSSR count). The fourth-order valence-corrected chi connectivity index (χ4v) is 4.91. The van der Waals surface area contributed by atoms with Gasteiger partial charge in [0.15, 0.2) is 5.11 Å². The van der Waals surface area contributed by atoms with Gasteiger partial charge in [0.1, 0.15) is 0 Å². The van der Waals surface area contributed by atoms with Crippen molar-refractivity contribution in [2.24, 2.45) is 0 Å². The number of nitrogens with one attached hydrogen (secondary N) is 2. The summed E-state index contributed by atoms with van der Waals surface area (Å²) in [5, 5.41) is 9.01. The van der Waals surface area contributed by atoms with Crippen molar-refractivity contribution in [2.75, 3.05) is 13.1 Å². The highest BCUT2D eigenvalue weighted by atomic mass is 35.5. The van der Waals surface area contributed by atoms with Crippen molar-refractivity contribution < 1.29 is 0 Å². The van der Waals surface area contributed by atoms with E-state index in [0.717, 1.165) is 46.5 Å². The van der Waals surface area contributed by atoms with Crippen molar-refractivity contribution in [2.45, 2.75) is 12.6 Å². The molecule has 0 spiro atoms. The lowest BCUT2D eigenvalue weighted by Crippen LogP contribution is -2.49. The van der Waals surface area contributed by atoms with E-state index < -0.39 is 0 Å². The molecule has 0 fully saturated rings. The monoisotopic (exact) mass is 491 g/mol. The Labute approximate surface area is 209 Å². The lowest BCUT2D eigenvalue weighted by molar-refractivity contribution is 0.293. The Balaban J connectivity index is 1.57. The molecule has 3 aromatic carbocycles. The van der Waals surface area contributed by atoms with Crippen molar-refractivity contribution in [3.05, 3.63) is 122 Å². The molecule has 0 radical (unpaired) electrons. The summed E-state index contributed by atoms with van der Waals surface area (Å²) >= 11 is 17.9. The van der Waals surface area contributed by atoms with Crippen LogP contribution >= 0.6 is 35.4 Å². The maximum atomic E-state index is 6.16. The van der Waals surface area contributed by atoms with Crippen LogP contribution in [-0.4, -0.2) is 23.1 Å². The number of hydrogen-bond acceptors (Lipinski definition) is 2. The van der Waals surface area contributed by atoms with Crippen molar-refractivity contribution in [3.8, 4) is 0 Å². The van der Waals surface area contributed by atoms with Crippen LogP contribution in [0, 0.1) is 0 Å². The van der Waals surface area contributed by atoms with Gasteiger partial charge in [-0.1, -0.05) is 77.8 Å². The first-order valence-electron chi connectivity index (χ1n) is 10.8. The Bertz CT molecular complexity index is 1220. The van der Waals surface area contributed by atoms with Crippen LogP contribution in [0.15, 0.2) is 95.7 Å². The van der Waals surface area contributed by atoms with E-state index in [0.29, 0.717) is 5.11 Å². The second-order valence-corrected chi connectivity index (χ2v) is 9.62. The van der Waals surface area contributed by atoms with E-state index in [4.69, 9.17) is 35.4 Å². The molecule has 6 heteroatoms. The molecule has 2 aliphatic rings. The van der Waals surface area contributed by atoms with Gasteiger partial charge in [0, 0.05) is 35.4 Å². The maximum Gasteiger partial charge on any atom is 0.171 e. The molecular formula is C27H23Cl2N3S. The summed E-state index contributed by atoms with van der Waals surface area (Å²) in [4.78, 5) is 2.47. The van der Waals surface area contributed by atoms with Crippen molar-refractivity contribution in [1.82, 2.24) is 15.5 Å². The third-order valence-electron chi connectivity index (χ3n) is 5.96. The summed E-state index contributed by atoms with van der Waals surface area (Å²) in [5.41, 5.74) is 7.13. The Kier molecular flexibility index (Phi) is 6.52. The van der Waals surface area contributed by atoms with Gasteiger partial charge < -0.3 is 10.6 Å². The van der Waals surface area contributed by atoms with Gasteiger partial charge in [-0.05, 0) is 70.4 Å². The summed E-state index contributed by atoms with van der Waals surface area (Å²) in [7, 11) is 0.